The smallest absolute Gasteiger partial charge is 0.305 e. The first-order valence-electron chi connectivity index (χ1n) is 3.78. The van der Waals surface area contributed by atoms with Gasteiger partial charge in [-0.05, 0) is 6.42 Å². The minimum atomic E-state index is -0.574. The monoisotopic (exact) mass is 175 g/mol. The van der Waals surface area contributed by atoms with Gasteiger partial charge in [-0.1, -0.05) is 0 Å². The van der Waals surface area contributed by atoms with Gasteiger partial charge in [0.2, 0.25) is 6.04 Å². The maximum Gasteiger partial charge on any atom is 0.305 e. The van der Waals surface area contributed by atoms with Gasteiger partial charge in [0.05, 0.1) is 7.11 Å². The number of rotatable bonds is 5. The van der Waals surface area contributed by atoms with Gasteiger partial charge in [0, 0.05) is 24.7 Å². The fourth-order valence-corrected chi connectivity index (χ4v) is 0.749. The maximum absolute atomic E-state index is 10.6. The molecule has 0 aromatic rings. The summed E-state index contributed by atoms with van der Waals surface area (Å²) in [6.07, 6.45) is 1.19. The third kappa shape index (κ3) is 4.65. The molecule has 0 unspecified atom stereocenters. The molecule has 0 heterocycles. The van der Waals surface area contributed by atoms with Crippen molar-refractivity contribution in [3.63, 3.8) is 0 Å². The Morgan fingerprint density at radius 1 is 1.67 bits per heavy atom. The van der Waals surface area contributed by atoms with Crippen molar-refractivity contribution in [2.75, 3.05) is 7.11 Å². The van der Waals surface area contributed by atoms with Crippen LogP contribution in [0.1, 0.15) is 26.2 Å². The van der Waals surface area contributed by atoms with E-state index in [1.807, 2.05) is 0 Å². The van der Waals surface area contributed by atoms with Gasteiger partial charge in [-0.25, -0.2) is 0 Å². The van der Waals surface area contributed by atoms with Gasteiger partial charge in [-0.2, -0.15) is 0 Å². The summed E-state index contributed by atoms with van der Waals surface area (Å²) in [5, 5.41) is 10.1. The molecular formula is C7H13NO4. The van der Waals surface area contributed by atoms with Crippen LogP contribution in [-0.4, -0.2) is 24.0 Å². The van der Waals surface area contributed by atoms with Crippen molar-refractivity contribution in [2.45, 2.75) is 32.2 Å². The highest BCUT2D eigenvalue weighted by atomic mass is 16.6. The Morgan fingerprint density at radius 2 is 2.25 bits per heavy atom. The molecule has 0 aliphatic rings. The van der Waals surface area contributed by atoms with Gasteiger partial charge >= 0.3 is 5.97 Å². The molecule has 0 aromatic heterocycles. The van der Waals surface area contributed by atoms with Crippen LogP contribution in [0.2, 0.25) is 0 Å². The number of nitrogens with zero attached hydrogens (tertiary/aromatic N) is 1. The van der Waals surface area contributed by atoms with Gasteiger partial charge in [-0.3, -0.25) is 14.9 Å². The van der Waals surface area contributed by atoms with Gasteiger partial charge in [-0.15, -0.1) is 0 Å². The molecule has 1 atom stereocenters. The average molecular weight is 175 g/mol. The van der Waals surface area contributed by atoms with Gasteiger partial charge < -0.3 is 4.74 Å². The first-order valence-corrected chi connectivity index (χ1v) is 3.78. The van der Waals surface area contributed by atoms with E-state index in [4.69, 9.17) is 0 Å². The average Bonchev–Trinajstić information content (AvgIpc) is 2.03. The van der Waals surface area contributed by atoms with Crippen molar-refractivity contribution < 1.29 is 14.5 Å². The molecule has 0 aliphatic heterocycles. The Hall–Kier alpha value is -1.13. The lowest BCUT2D eigenvalue weighted by molar-refractivity contribution is -0.518. The molecule has 0 spiro atoms. The molecule has 0 amide bonds. The number of hydrogen-bond donors (Lipinski definition) is 0. The topological polar surface area (TPSA) is 69.4 Å². The number of ether oxygens (including phenoxy) is 1. The third-order valence-corrected chi connectivity index (χ3v) is 1.59. The molecule has 0 saturated carbocycles. The molecule has 12 heavy (non-hydrogen) atoms. The second-order valence-electron chi connectivity index (χ2n) is 2.60. The van der Waals surface area contributed by atoms with E-state index in [0.29, 0.717) is 12.8 Å². The van der Waals surface area contributed by atoms with E-state index in [-0.39, 0.29) is 17.3 Å². The van der Waals surface area contributed by atoms with Crippen LogP contribution in [0.3, 0.4) is 0 Å². The fraction of sp³-hybridized carbons (Fsp3) is 0.857. The van der Waals surface area contributed by atoms with Crippen molar-refractivity contribution in [1.29, 1.82) is 0 Å². The molecule has 0 fully saturated rings. The molecular weight excluding hydrogens is 162 g/mol. The molecule has 5 nitrogen and oxygen atoms in total. The van der Waals surface area contributed by atoms with Crippen molar-refractivity contribution in [3.8, 4) is 0 Å². The molecule has 0 N–H and O–H groups in total. The first kappa shape index (κ1) is 10.9. The van der Waals surface area contributed by atoms with Crippen LogP contribution < -0.4 is 0 Å². The quantitative estimate of drug-likeness (QED) is 0.355. The van der Waals surface area contributed by atoms with Crippen LogP contribution >= 0.6 is 0 Å². The Morgan fingerprint density at radius 3 is 2.67 bits per heavy atom. The van der Waals surface area contributed by atoms with Crippen molar-refractivity contribution in [1.82, 2.24) is 0 Å². The molecule has 0 bridgehead atoms. The van der Waals surface area contributed by atoms with Crippen molar-refractivity contribution in [3.05, 3.63) is 10.1 Å². The Bertz CT molecular complexity index is 169. The zero-order valence-corrected chi connectivity index (χ0v) is 7.28. The first-order chi connectivity index (χ1) is 5.57. The lowest BCUT2D eigenvalue weighted by Gasteiger charge is -2.01. The number of carbonyl (C=O) groups is 1. The summed E-state index contributed by atoms with van der Waals surface area (Å²) < 4.78 is 4.38. The lowest BCUT2D eigenvalue weighted by Crippen LogP contribution is -2.15. The number of carbonyl (C=O) groups excluding carboxylic acids is 1. The minimum absolute atomic E-state index is 0.259. The summed E-state index contributed by atoms with van der Waals surface area (Å²) in [7, 11) is 1.30. The van der Waals surface area contributed by atoms with Gasteiger partial charge in [0.1, 0.15) is 0 Å². The highest BCUT2D eigenvalue weighted by Crippen LogP contribution is 2.03. The molecule has 0 saturated heterocycles. The predicted molar refractivity (Wildman–Crippen MR) is 42.3 cm³/mol. The van der Waals surface area contributed by atoms with Crippen LogP contribution in [0, 0.1) is 10.1 Å². The van der Waals surface area contributed by atoms with Crippen LogP contribution in [0.5, 0.6) is 0 Å². The van der Waals surface area contributed by atoms with Gasteiger partial charge in [0.15, 0.2) is 0 Å². The predicted octanol–water partition coefficient (Wildman–Crippen LogP) is 0.995. The van der Waals surface area contributed by atoms with E-state index in [1.54, 1.807) is 0 Å². The van der Waals surface area contributed by atoms with E-state index < -0.39 is 6.04 Å². The van der Waals surface area contributed by atoms with Crippen LogP contribution in [-0.2, 0) is 9.53 Å². The molecule has 0 radical (unpaired) electrons. The molecule has 70 valence electrons. The largest absolute Gasteiger partial charge is 0.469 e. The fourth-order valence-electron chi connectivity index (χ4n) is 0.749. The van der Waals surface area contributed by atoms with E-state index >= 15 is 0 Å². The summed E-state index contributed by atoms with van der Waals surface area (Å²) in [6.45, 7) is 1.53. The summed E-state index contributed by atoms with van der Waals surface area (Å²) in [4.78, 5) is 20.4. The summed E-state index contributed by atoms with van der Waals surface area (Å²) in [5.41, 5.74) is 0. The Labute approximate surface area is 70.9 Å². The highest BCUT2D eigenvalue weighted by Gasteiger charge is 2.12. The third-order valence-electron chi connectivity index (χ3n) is 1.59. The highest BCUT2D eigenvalue weighted by molar-refractivity contribution is 5.68. The Balaban J connectivity index is 3.43. The van der Waals surface area contributed by atoms with E-state index in [1.165, 1.54) is 14.0 Å². The lowest BCUT2D eigenvalue weighted by atomic mass is 10.1. The molecule has 5 heteroatoms. The number of esters is 1. The SMILES string of the molecule is COC(=O)CCC[C@@H](C)[N+](=O)[O-]. The summed E-state index contributed by atoms with van der Waals surface area (Å²) >= 11 is 0. The molecule has 0 aromatic carbocycles. The van der Waals surface area contributed by atoms with Crippen LogP contribution in [0.15, 0.2) is 0 Å². The maximum atomic E-state index is 10.6. The van der Waals surface area contributed by atoms with Crippen molar-refractivity contribution in [2.24, 2.45) is 0 Å². The normalized spacial score (nSPS) is 12.2. The summed E-state index contributed by atoms with van der Waals surface area (Å²) in [6, 6.07) is -0.574. The van der Waals surface area contributed by atoms with Crippen LogP contribution in [0.4, 0.5) is 0 Å². The second-order valence-corrected chi connectivity index (χ2v) is 2.60. The minimum Gasteiger partial charge on any atom is -0.469 e. The zero-order chi connectivity index (χ0) is 9.56. The van der Waals surface area contributed by atoms with Crippen molar-refractivity contribution >= 4 is 5.97 Å². The molecule has 0 aliphatic carbocycles. The summed E-state index contributed by atoms with van der Waals surface area (Å²) in [5.74, 6) is -0.314. The number of methoxy groups -OCH3 is 1. The van der Waals surface area contributed by atoms with E-state index in [9.17, 15) is 14.9 Å². The number of hydrogen-bond acceptors (Lipinski definition) is 4. The van der Waals surface area contributed by atoms with Gasteiger partial charge in [0.25, 0.3) is 0 Å². The Kier molecular flexibility index (Phi) is 4.99. The standard InChI is InChI=1S/C7H13NO4/c1-6(8(10)11)4-3-5-7(9)12-2/h6H,3-5H2,1-2H3/t6-/m1/s1. The number of nitro groups is 1. The van der Waals surface area contributed by atoms with E-state index in [0.717, 1.165) is 0 Å². The molecule has 0 rings (SSSR count). The van der Waals surface area contributed by atoms with Crippen LogP contribution in [0.25, 0.3) is 0 Å². The zero-order valence-electron chi connectivity index (χ0n) is 7.28. The van der Waals surface area contributed by atoms with E-state index in [2.05, 4.69) is 4.74 Å². The second kappa shape index (κ2) is 5.51.